The maximum atomic E-state index is 13.9. The molecule has 1 heterocycles. The summed E-state index contributed by atoms with van der Waals surface area (Å²) < 4.78 is 5.18. The number of rotatable bonds is 5. The number of carbonyl (C=O) groups is 4. The van der Waals surface area contributed by atoms with Gasteiger partial charge in [0, 0.05) is 17.5 Å². The molecule has 7 nitrogen and oxygen atoms in total. The summed E-state index contributed by atoms with van der Waals surface area (Å²) in [5.41, 5.74) is 6.77. The SMILES string of the molecule is Cc1ccc(NC(=O)COC(=O)c2ccc(N3C(=O)[C@H]4C5c6ccccc6C(c6ccccc65)[C@@H]4C3=O)cc2)cc1. The monoisotopic (exact) mass is 542 g/mol. The zero-order chi connectivity index (χ0) is 28.2. The Balaban J connectivity index is 1.09. The van der Waals surface area contributed by atoms with Crippen LogP contribution in [0.4, 0.5) is 11.4 Å². The van der Waals surface area contributed by atoms with E-state index < -0.39 is 30.3 Å². The normalized spacial score (nSPS) is 21.6. The molecule has 3 aliphatic carbocycles. The number of imide groups is 1. The second kappa shape index (κ2) is 9.55. The lowest BCUT2D eigenvalue weighted by molar-refractivity contribution is -0.122. The van der Waals surface area contributed by atoms with Crippen molar-refractivity contribution in [3.63, 3.8) is 0 Å². The van der Waals surface area contributed by atoms with Crippen molar-refractivity contribution in [1.82, 2.24) is 0 Å². The highest BCUT2D eigenvalue weighted by Crippen LogP contribution is 2.61. The summed E-state index contributed by atoms with van der Waals surface area (Å²) in [4.78, 5) is 53.9. The van der Waals surface area contributed by atoms with Crippen LogP contribution < -0.4 is 10.2 Å². The molecule has 4 aromatic rings. The number of benzene rings is 4. The Labute approximate surface area is 236 Å². The molecule has 202 valence electrons. The number of amides is 3. The second-order valence-electron chi connectivity index (χ2n) is 10.8. The Morgan fingerprint density at radius 2 is 1.20 bits per heavy atom. The molecule has 0 aromatic heterocycles. The van der Waals surface area contributed by atoms with Crippen LogP contribution >= 0.6 is 0 Å². The minimum absolute atomic E-state index is 0.181. The molecule has 1 N–H and O–H groups in total. The summed E-state index contributed by atoms with van der Waals surface area (Å²) in [6.45, 7) is 1.51. The van der Waals surface area contributed by atoms with Gasteiger partial charge in [-0.15, -0.1) is 0 Å². The molecule has 2 atom stereocenters. The second-order valence-corrected chi connectivity index (χ2v) is 10.8. The summed E-state index contributed by atoms with van der Waals surface area (Å²) in [5, 5.41) is 2.68. The van der Waals surface area contributed by atoms with Gasteiger partial charge in [-0.1, -0.05) is 66.2 Å². The van der Waals surface area contributed by atoms with E-state index in [9.17, 15) is 19.2 Å². The molecule has 1 aliphatic heterocycles. The maximum absolute atomic E-state index is 13.9. The van der Waals surface area contributed by atoms with Crippen molar-refractivity contribution in [3.05, 3.63) is 130 Å². The lowest BCUT2D eigenvalue weighted by atomic mass is 9.55. The fourth-order valence-corrected chi connectivity index (χ4v) is 6.73. The van der Waals surface area contributed by atoms with Gasteiger partial charge in [0.25, 0.3) is 5.91 Å². The van der Waals surface area contributed by atoms with Crippen LogP contribution in [0.25, 0.3) is 0 Å². The molecule has 1 saturated heterocycles. The Hall–Kier alpha value is -5.04. The van der Waals surface area contributed by atoms with Crippen molar-refractivity contribution < 1.29 is 23.9 Å². The number of esters is 1. The molecule has 0 spiro atoms. The fourth-order valence-electron chi connectivity index (χ4n) is 6.73. The van der Waals surface area contributed by atoms with Gasteiger partial charge in [0.2, 0.25) is 11.8 Å². The lowest BCUT2D eigenvalue weighted by Gasteiger charge is -2.45. The Kier molecular flexibility index (Phi) is 5.82. The number of anilines is 2. The van der Waals surface area contributed by atoms with E-state index in [1.165, 1.54) is 17.0 Å². The molecule has 0 radical (unpaired) electrons. The van der Waals surface area contributed by atoms with Crippen LogP contribution in [0.5, 0.6) is 0 Å². The van der Waals surface area contributed by atoms with Gasteiger partial charge in [0.1, 0.15) is 0 Å². The van der Waals surface area contributed by atoms with Gasteiger partial charge in [-0.3, -0.25) is 14.4 Å². The topological polar surface area (TPSA) is 92.8 Å². The lowest BCUT2D eigenvalue weighted by Crippen LogP contribution is -2.41. The molecule has 8 rings (SSSR count). The van der Waals surface area contributed by atoms with Crippen LogP contribution in [0.2, 0.25) is 0 Å². The first-order valence-electron chi connectivity index (χ1n) is 13.6. The number of hydrogen-bond donors (Lipinski definition) is 1. The summed E-state index contributed by atoms with van der Waals surface area (Å²) in [6.07, 6.45) is 0. The van der Waals surface area contributed by atoms with Crippen LogP contribution in [-0.4, -0.2) is 30.3 Å². The van der Waals surface area contributed by atoms with Crippen molar-refractivity contribution >= 4 is 35.1 Å². The number of nitrogens with zero attached hydrogens (tertiary/aromatic N) is 1. The molecule has 2 bridgehead atoms. The van der Waals surface area contributed by atoms with E-state index in [1.54, 1.807) is 24.3 Å². The standard InChI is InChI=1S/C34H26N2O5/c1-19-10-14-21(15-11-19)35-27(37)18-41-34(40)20-12-16-22(17-13-20)36-32(38)30-28-23-6-2-3-7-24(23)29(31(30)33(36)39)26-9-5-4-8-25(26)28/h2-17,28-31H,18H2,1H3,(H,35,37)/t28?,29?,30-,31-/m0/s1. The average Bonchev–Trinajstić information content (AvgIpc) is 3.27. The third-order valence-corrected chi connectivity index (χ3v) is 8.48. The number of nitrogens with one attached hydrogen (secondary N) is 1. The smallest absolute Gasteiger partial charge is 0.338 e. The van der Waals surface area contributed by atoms with E-state index >= 15 is 0 Å². The third-order valence-electron chi connectivity index (χ3n) is 8.48. The van der Waals surface area contributed by atoms with E-state index in [-0.39, 0.29) is 29.2 Å². The summed E-state index contributed by atoms with van der Waals surface area (Å²) in [6, 6.07) is 29.7. The van der Waals surface area contributed by atoms with Gasteiger partial charge >= 0.3 is 5.97 Å². The van der Waals surface area contributed by atoms with Gasteiger partial charge in [0.15, 0.2) is 6.61 Å². The predicted molar refractivity (Wildman–Crippen MR) is 153 cm³/mol. The fraction of sp³-hybridized carbons (Fsp3) is 0.176. The molecule has 0 unspecified atom stereocenters. The number of hydrogen-bond acceptors (Lipinski definition) is 5. The highest BCUT2D eigenvalue weighted by molar-refractivity contribution is 6.23. The van der Waals surface area contributed by atoms with Crippen LogP contribution in [-0.2, 0) is 19.1 Å². The quantitative estimate of drug-likeness (QED) is 0.277. The summed E-state index contributed by atoms with van der Waals surface area (Å²) in [5.74, 6) is -2.89. The van der Waals surface area contributed by atoms with E-state index in [0.29, 0.717) is 11.4 Å². The average molecular weight is 543 g/mol. The molecule has 7 heteroatoms. The van der Waals surface area contributed by atoms with Gasteiger partial charge in [0.05, 0.1) is 23.1 Å². The van der Waals surface area contributed by atoms with Crippen molar-refractivity contribution in [2.24, 2.45) is 11.8 Å². The first-order valence-corrected chi connectivity index (χ1v) is 13.6. The minimum Gasteiger partial charge on any atom is -0.452 e. The van der Waals surface area contributed by atoms with Crippen LogP contribution in [0.3, 0.4) is 0 Å². The molecular weight excluding hydrogens is 516 g/mol. The predicted octanol–water partition coefficient (Wildman–Crippen LogP) is 5.19. The molecule has 4 aliphatic rings. The van der Waals surface area contributed by atoms with E-state index in [0.717, 1.165) is 27.8 Å². The zero-order valence-corrected chi connectivity index (χ0v) is 22.2. The largest absolute Gasteiger partial charge is 0.452 e. The molecule has 41 heavy (non-hydrogen) atoms. The molecule has 3 amide bonds. The van der Waals surface area contributed by atoms with Gasteiger partial charge in [-0.2, -0.15) is 0 Å². The Morgan fingerprint density at radius 3 is 1.68 bits per heavy atom. The van der Waals surface area contributed by atoms with Crippen LogP contribution in [0.1, 0.15) is 50.0 Å². The Bertz CT molecular complexity index is 1610. The van der Waals surface area contributed by atoms with Gasteiger partial charge in [-0.25, -0.2) is 9.69 Å². The summed E-state index contributed by atoms with van der Waals surface area (Å²) >= 11 is 0. The van der Waals surface area contributed by atoms with E-state index in [1.807, 2.05) is 43.3 Å². The molecule has 4 aromatic carbocycles. The zero-order valence-electron chi connectivity index (χ0n) is 22.2. The van der Waals surface area contributed by atoms with E-state index in [4.69, 9.17) is 4.74 Å². The Morgan fingerprint density at radius 1 is 0.707 bits per heavy atom. The first-order chi connectivity index (χ1) is 19.9. The maximum Gasteiger partial charge on any atom is 0.338 e. The summed E-state index contributed by atoms with van der Waals surface area (Å²) in [7, 11) is 0. The van der Waals surface area contributed by atoms with E-state index in [2.05, 4.69) is 29.6 Å². The number of carbonyl (C=O) groups excluding carboxylic acids is 4. The van der Waals surface area contributed by atoms with Crippen molar-refractivity contribution in [3.8, 4) is 0 Å². The van der Waals surface area contributed by atoms with Crippen LogP contribution in [0.15, 0.2) is 97.1 Å². The molecule has 0 saturated carbocycles. The van der Waals surface area contributed by atoms with Crippen molar-refractivity contribution in [2.45, 2.75) is 18.8 Å². The molecule has 1 fully saturated rings. The van der Waals surface area contributed by atoms with Gasteiger partial charge < -0.3 is 10.1 Å². The highest BCUT2D eigenvalue weighted by Gasteiger charge is 2.61. The van der Waals surface area contributed by atoms with Crippen molar-refractivity contribution in [2.75, 3.05) is 16.8 Å². The molecular formula is C34H26N2O5. The van der Waals surface area contributed by atoms with Crippen molar-refractivity contribution in [1.29, 1.82) is 0 Å². The third kappa shape index (κ3) is 3.96. The van der Waals surface area contributed by atoms with Gasteiger partial charge in [-0.05, 0) is 65.6 Å². The number of ether oxygens (including phenoxy) is 1. The highest BCUT2D eigenvalue weighted by atomic mass is 16.5. The number of aryl methyl sites for hydroxylation is 1. The first kappa shape index (κ1) is 25.0. The minimum atomic E-state index is -0.674. The van der Waals surface area contributed by atoms with Crippen LogP contribution in [0, 0.1) is 18.8 Å².